The van der Waals surface area contributed by atoms with Crippen molar-refractivity contribution >= 4 is 17.9 Å². The van der Waals surface area contributed by atoms with Gasteiger partial charge in [0.05, 0.1) is 7.11 Å². The summed E-state index contributed by atoms with van der Waals surface area (Å²) >= 11 is 5.92. The minimum Gasteiger partial charge on any atom is -0.481 e. The molecule has 1 aromatic heterocycles. The predicted octanol–water partition coefficient (Wildman–Crippen LogP) is 2.11. The Hall–Kier alpha value is -1.13. The Balaban J connectivity index is 1.83. The molecule has 1 aliphatic rings. The highest BCUT2D eigenvalue weighted by Gasteiger charge is 2.23. The van der Waals surface area contributed by atoms with Gasteiger partial charge in [0.1, 0.15) is 5.50 Å². The number of nitrogens with zero attached hydrogens (tertiary/aromatic N) is 2. The number of methoxy groups -OCH3 is 1. The van der Waals surface area contributed by atoms with Gasteiger partial charge in [-0.2, -0.15) is 0 Å². The molecule has 19 heavy (non-hydrogen) atoms. The molecule has 1 saturated heterocycles. The van der Waals surface area contributed by atoms with Crippen LogP contribution in [0.15, 0.2) is 18.3 Å². The second-order valence-corrected chi connectivity index (χ2v) is 5.35. The third kappa shape index (κ3) is 3.91. The number of aldehydes is 1. The van der Waals surface area contributed by atoms with Crippen molar-refractivity contribution in [1.29, 1.82) is 0 Å². The number of pyridine rings is 1. The van der Waals surface area contributed by atoms with Gasteiger partial charge in [-0.15, -0.1) is 0 Å². The van der Waals surface area contributed by atoms with E-state index in [-0.39, 0.29) is 0 Å². The van der Waals surface area contributed by atoms with Gasteiger partial charge in [-0.05, 0) is 30.7 Å². The summed E-state index contributed by atoms with van der Waals surface area (Å²) in [5, 5.41) is 0. The summed E-state index contributed by atoms with van der Waals surface area (Å²) in [6.07, 6.45) is 5.85. The van der Waals surface area contributed by atoms with Crippen LogP contribution in [0.4, 0.5) is 0 Å². The Kier molecular flexibility index (Phi) is 5.16. The van der Waals surface area contributed by atoms with Gasteiger partial charge in [-0.3, -0.25) is 4.90 Å². The zero-order valence-electron chi connectivity index (χ0n) is 11.1. The molecule has 0 amide bonds. The average molecular weight is 283 g/mol. The first-order chi connectivity index (χ1) is 9.22. The van der Waals surface area contributed by atoms with Crippen LogP contribution >= 0.6 is 11.6 Å². The van der Waals surface area contributed by atoms with Crippen molar-refractivity contribution in [2.45, 2.75) is 24.8 Å². The van der Waals surface area contributed by atoms with Crippen LogP contribution in [0.1, 0.15) is 18.4 Å². The maximum Gasteiger partial charge on any atom is 0.212 e. The molecule has 1 atom stereocenters. The van der Waals surface area contributed by atoms with Crippen molar-refractivity contribution in [2.75, 3.05) is 20.2 Å². The van der Waals surface area contributed by atoms with E-state index in [2.05, 4.69) is 11.1 Å². The van der Waals surface area contributed by atoms with Crippen LogP contribution in [-0.4, -0.2) is 41.9 Å². The molecule has 0 spiro atoms. The van der Waals surface area contributed by atoms with Crippen LogP contribution in [0, 0.1) is 5.92 Å². The fourth-order valence-corrected chi connectivity index (χ4v) is 2.67. The maximum atomic E-state index is 10.6. The summed E-state index contributed by atoms with van der Waals surface area (Å²) < 4.78 is 5.05. The minimum absolute atomic E-state index is 0.469. The van der Waals surface area contributed by atoms with Gasteiger partial charge < -0.3 is 9.53 Å². The molecule has 0 unspecified atom stereocenters. The number of hydrogen-bond donors (Lipinski definition) is 0. The van der Waals surface area contributed by atoms with Crippen LogP contribution in [0.2, 0.25) is 0 Å². The third-order valence-electron chi connectivity index (χ3n) is 3.64. The largest absolute Gasteiger partial charge is 0.481 e. The lowest BCUT2D eigenvalue weighted by atomic mass is 9.91. The first-order valence-electron chi connectivity index (χ1n) is 6.55. The van der Waals surface area contributed by atoms with E-state index in [0.717, 1.165) is 38.6 Å². The molecule has 1 aliphatic heterocycles. The number of rotatable bonds is 5. The van der Waals surface area contributed by atoms with Crippen LogP contribution in [0.3, 0.4) is 0 Å². The van der Waals surface area contributed by atoms with Crippen molar-refractivity contribution < 1.29 is 9.53 Å². The van der Waals surface area contributed by atoms with E-state index in [1.807, 2.05) is 17.2 Å². The second-order valence-electron chi connectivity index (χ2n) is 4.90. The van der Waals surface area contributed by atoms with Gasteiger partial charge in [0.25, 0.3) is 0 Å². The lowest BCUT2D eigenvalue weighted by Gasteiger charge is -2.32. The molecule has 0 aliphatic carbocycles. The number of carbonyl (C=O) groups is 1. The quantitative estimate of drug-likeness (QED) is 0.471. The number of hydrogen-bond acceptors (Lipinski definition) is 4. The summed E-state index contributed by atoms with van der Waals surface area (Å²) in [7, 11) is 1.62. The highest BCUT2D eigenvalue weighted by molar-refractivity contribution is 6.27. The number of alkyl halides is 1. The number of carbonyl (C=O) groups excluding carboxylic acids is 1. The lowest BCUT2D eigenvalue weighted by molar-refractivity contribution is -0.110. The summed E-state index contributed by atoms with van der Waals surface area (Å²) in [6, 6.07) is 3.96. The zero-order valence-corrected chi connectivity index (χ0v) is 11.8. The Morgan fingerprint density at radius 3 is 2.79 bits per heavy atom. The van der Waals surface area contributed by atoms with Crippen molar-refractivity contribution in [3.63, 3.8) is 0 Å². The maximum absolute atomic E-state index is 10.6. The molecular formula is C14H19ClN2O2. The molecule has 0 N–H and O–H groups in total. The van der Waals surface area contributed by atoms with Crippen molar-refractivity contribution in [1.82, 2.24) is 9.88 Å². The van der Waals surface area contributed by atoms with Gasteiger partial charge in [-0.25, -0.2) is 4.98 Å². The number of aromatic nitrogens is 1. The molecule has 104 valence electrons. The fourth-order valence-electron chi connectivity index (χ4n) is 2.48. The number of ether oxygens (including phenoxy) is 1. The lowest BCUT2D eigenvalue weighted by Crippen LogP contribution is -2.39. The zero-order chi connectivity index (χ0) is 13.7. The molecule has 4 nitrogen and oxygen atoms in total. The van der Waals surface area contributed by atoms with Crippen LogP contribution in [-0.2, 0) is 11.2 Å². The SMILES string of the molecule is COc1ccc(CC2CCN([C@@H](Cl)C=O)CC2)cn1. The second kappa shape index (κ2) is 6.87. The van der Waals surface area contributed by atoms with Crippen molar-refractivity contribution in [3.8, 4) is 5.88 Å². The van der Waals surface area contributed by atoms with Crippen molar-refractivity contribution in [2.24, 2.45) is 5.92 Å². The van der Waals surface area contributed by atoms with Crippen LogP contribution in [0.5, 0.6) is 5.88 Å². The monoisotopic (exact) mass is 282 g/mol. The van der Waals surface area contributed by atoms with E-state index in [1.165, 1.54) is 5.56 Å². The minimum atomic E-state index is -0.469. The normalized spacial score (nSPS) is 19.1. The molecule has 0 bridgehead atoms. The Labute approximate surface area is 118 Å². The first kappa shape index (κ1) is 14.3. The molecule has 2 heterocycles. The Bertz CT molecular complexity index is 402. The molecule has 5 heteroatoms. The summed E-state index contributed by atoms with van der Waals surface area (Å²) in [4.78, 5) is 16.9. The number of halogens is 1. The summed E-state index contributed by atoms with van der Waals surface area (Å²) in [5.41, 5.74) is 0.765. The van der Waals surface area contributed by atoms with Crippen molar-refractivity contribution in [3.05, 3.63) is 23.9 Å². The van der Waals surface area contributed by atoms with Gasteiger partial charge in [0, 0.05) is 25.4 Å². The third-order valence-corrected chi connectivity index (χ3v) is 4.02. The summed E-state index contributed by atoms with van der Waals surface area (Å²) in [5.74, 6) is 1.29. The van der Waals surface area contributed by atoms with Gasteiger partial charge in [0.2, 0.25) is 5.88 Å². The smallest absolute Gasteiger partial charge is 0.212 e. The van der Waals surface area contributed by atoms with Gasteiger partial charge >= 0.3 is 0 Å². The topological polar surface area (TPSA) is 42.4 Å². The summed E-state index contributed by atoms with van der Waals surface area (Å²) in [6.45, 7) is 1.78. The molecular weight excluding hydrogens is 264 g/mol. The van der Waals surface area contributed by atoms with E-state index >= 15 is 0 Å². The Morgan fingerprint density at radius 2 is 2.26 bits per heavy atom. The molecule has 0 radical (unpaired) electrons. The van der Waals surface area contributed by atoms with Crippen LogP contribution < -0.4 is 4.74 Å². The van der Waals surface area contributed by atoms with E-state index in [1.54, 1.807) is 7.11 Å². The number of likely N-dealkylation sites (tertiary alicyclic amines) is 1. The molecule has 1 fully saturated rings. The highest BCUT2D eigenvalue weighted by Crippen LogP contribution is 2.23. The van der Waals surface area contributed by atoms with E-state index in [0.29, 0.717) is 11.8 Å². The van der Waals surface area contributed by atoms with E-state index in [4.69, 9.17) is 16.3 Å². The fraction of sp³-hybridized carbons (Fsp3) is 0.571. The predicted molar refractivity (Wildman–Crippen MR) is 74.5 cm³/mol. The van der Waals surface area contributed by atoms with Gasteiger partial charge in [0.15, 0.2) is 6.29 Å². The average Bonchev–Trinajstić information content (AvgIpc) is 2.48. The Morgan fingerprint density at radius 1 is 1.53 bits per heavy atom. The standard InChI is InChI=1S/C14H19ClN2O2/c1-19-14-3-2-12(9-16-14)8-11-4-6-17(7-5-11)13(15)10-18/h2-3,9-11,13H,4-8H2,1H3/t13-/m1/s1. The molecule has 0 aromatic carbocycles. The van der Waals surface area contributed by atoms with E-state index in [9.17, 15) is 4.79 Å². The van der Waals surface area contributed by atoms with Crippen LogP contribution in [0.25, 0.3) is 0 Å². The molecule has 1 aromatic rings. The first-order valence-corrected chi connectivity index (χ1v) is 6.99. The number of piperidine rings is 1. The molecule has 0 saturated carbocycles. The highest BCUT2D eigenvalue weighted by atomic mass is 35.5. The van der Waals surface area contributed by atoms with Gasteiger partial charge in [-0.1, -0.05) is 17.7 Å². The van der Waals surface area contributed by atoms with E-state index < -0.39 is 5.50 Å². The molecule has 2 rings (SSSR count).